The molecule has 5 heteroatoms. The standard InChI is InChI=1S/C18H21N5/c1-3-22-10-15(11-22)17-9-16(20-21-17)14-5-4-13(2)18(8-14)23-7-6-19-12-23/h4-9,12,15H,3,10-11H2,1-2H3,(H,20,21). The molecule has 0 amide bonds. The van der Waals surface area contributed by atoms with Crippen LogP contribution in [0.4, 0.5) is 0 Å². The summed E-state index contributed by atoms with van der Waals surface area (Å²) in [5.41, 5.74) is 5.75. The number of aryl methyl sites for hydroxylation is 1. The van der Waals surface area contributed by atoms with Crippen LogP contribution in [0.1, 0.15) is 24.1 Å². The molecule has 0 bridgehead atoms. The maximum atomic E-state index is 4.52. The average molecular weight is 307 g/mol. The van der Waals surface area contributed by atoms with Crippen molar-refractivity contribution in [1.82, 2.24) is 24.6 Å². The number of nitrogens with one attached hydrogen (secondary N) is 1. The fourth-order valence-electron chi connectivity index (χ4n) is 3.17. The van der Waals surface area contributed by atoms with Crippen molar-refractivity contribution in [2.24, 2.45) is 0 Å². The lowest BCUT2D eigenvalue weighted by Crippen LogP contribution is -2.44. The number of hydrogen-bond donors (Lipinski definition) is 1. The minimum absolute atomic E-state index is 0.592. The average Bonchev–Trinajstić information content (AvgIpc) is 3.18. The van der Waals surface area contributed by atoms with E-state index in [9.17, 15) is 0 Å². The van der Waals surface area contributed by atoms with Gasteiger partial charge in [-0.15, -0.1) is 0 Å². The molecule has 23 heavy (non-hydrogen) atoms. The second-order valence-corrected chi connectivity index (χ2v) is 6.23. The van der Waals surface area contributed by atoms with E-state index in [0.29, 0.717) is 5.92 Å². The Morgan fingerprint density at radius 3 is 2.87 bits per heavy atom. The van der Waals surface area contributed by atoms with Crippen LogP contribution in [-0.2, 0) is 0 Å². The third kappa shape index (κ3) is 2.57. The number of hydrogen-bond acceptors (Lipinski definition) is 3. The lowest BCUT2D eigenvalue weighted by Gasteiger charge is -2.37. The van der Waals surface area contributed by atoms with Crippen LogP contribution in [-0.4, -0.2) is 44.3 Å². The van der Waals surface area contributed by atoms with Crippen molar-refractivity contribution in [2.45, 2.75) is 19.8 Å². The summed E-state index contributed by atoms with van der Waals surface area (Å²) in [7, 11) is 0. The topological polar surface area (TPSA) is 49.7 Å². The zero-order valence-corrected chi connectivity index (χ0v) is 13.5. The molecule has 118 valence electrons. The summed E-state index contributed by atoms with van der Waals surface area (Å²) in [6.07, 6.45) is 5.60. The molecule has 1 aliphatic heterocycles. The molecule has 2 aromatic heterocycles. The smallest absolute Gasteiger partial charge is 0.0991 e. The van der Waals surface area contributed by atoms with Gasteiger partial charge in [0.1, 0.15) is 0 Å². The van der Waals surface area contributed by atoms with Crippen LogP contribution in [0.5, 0.6) is 0 Å². The molecule has 1 aliphatic rings. The molecular weight excluding hydrogens is 286 g/mol. The summed E-state index contributed by atoms with van der Waals surface area (Å²) in [5, 5.41) is 7.75. The SMILES string of the molecule is CCN1CC(c2cc(-c3ccc(C)c(-n4ccnc4)c3)n[nH]2)C1. The van der Waals surface area contributed by atoms with Crippen LogP contribution in [0.3, 0.4) is 0 Å². The van der Waals surface area contributed by atoms with Crippen molar-refractivity contribution in [3.05, 3.63) is 54.2 Å². The van der Waals surface area contributed by atoms with Gasteiger partial charge < -0.3 is 9.47 Å². The van der Waals surface area contributed by atoms with Crippen LogP contribution >= 0.6 is 0 Å². The largest absolute Gasteiger partial charge is 0.306 e. The molecule has 1 aromatic carbocycles. The fourth-order valence-corrected chi connectivity index (χ4v) is 3.17. The lowest BCUT2D eigenvalue weighted by atomic mass is 9.96. The third-order valence-corrected chi connectivity index (χ3v) is 4.73. The molecule has 4 rings (SSSR count). The van der Waals surface area contributed by atoms with Crippen LogP contribution in [0.25, 0.3) is 16.9 Å². The summed E-state index contributed by atoms with van der Waals surface area (Å²) in [5.74, 6) is 0.592. The monoisotopic (exact) mass is 307 g/mol. The Morgan fingerprint density at radius 1 is 1.26 bits per heavy atom. The molecule has 0 radical (unpaired) electrons. The van der Waals surface area contributed by atoms with E-state index in [-0.39, 0.29) is 0 Å². The minimum atomic E-state index is 0.592. The van der Waals surface area contributed by atoms with Gasteiger partial charge >= 0.3 is 0 Å². The molecule has 3 aromatic rings. The van der Waals surface area contributed by atoms with Crippen molar-refractivity contribution in [1.29, 1.82) is 0 Å². The first-order valence-electron chi connectivity index (χ1n) is 8.11. The minimum Gasteiger partial charge on any atom is -0.306 e. The molecular formula is C18H21N5. The summed E-state index contributed by atoms with van der Waals surface area (Å²) < 4.78 is 2.04. The Bertz CT molecular complexity index is 797. The van der Waals surface area contributed by atoms with E-state index in [0.717, 1.165) is 36.6 Å². The Kier molecular flexibility index (Phi) is 3.50. The summed E-state index contributed by atoms with van der Waals surface area (Å²) in [6.45, 7) is 7.71. The number of likely N-dealkylation sites (N-methyl/N-ethyl adjacent to an activating group) is 1. The van der Waals surface area contributed by atoms with Gasteiger partial charge in [-0.1, -0.05) is 19.1 Å². The van der Waals surface area contributed by atoms with Crippen molar-refractivity contribution < 1.29 is 0 Å². The van der Waals surface area contributed by atoms with Crippen LogP contribution in [0.2, 0.25) is 0 Å². The first kappa shape index (κ1) is 14.2. The van der Waals surface area contributed by atoms with Crippen molar-refractivity contribution in [2.75, 3.05) is 19.6 Å². The molecule has 1 saturated heterocycles. The van der Waals surface area contributed by atoms with E-state index in [4.69, 9.17) is 0 Å². The Balaban J connectivity index is 1.61. The molecule has 0 saturated carbocycles. The quantitative estimate of drug-likeness (QED) is 0.806. The summed E-state index contributed by atoms with van der Waals surface area (Å²) >= 11 is 0. The van der Waals surface area contributed by atoms with Crippen LogP contribution < -0.4 is 0 Å². The Labute approximate surface area is 136 Å². The number of nitrogens with zero attached hydrogens (tertiary/aromatic N) is 4. The molecule has 1 N–H and O–H groups in total. The maximum absolute atomic E-state index is 4.52. The second kappa shape index (κ2) is 5.66. The van der Waals surface area contributed by atoms with Gasteiger partial charge in [0.25, 0.3) is 0 Å². The van der Waals surface area contributed by atoms with Crippen LogP contribution in [0.15, 0.2) is 43.0 Å². The van der Waals surface area contributed by atoms with Crippen LogP contribution in [0, 0.1) is 6.92 Å². The molecule has 0 unspecified atom stereocenters. The normalized spacial score (nSPS) is 15.7. The first-order valence-corrected chi connectivity index (χ1v) is 8.11. The Hall–Kier alpha value is -2.40. The molecule has 1 fully saturated rings. The predicted octanol–water partition coefficient (Wildman–Crippen LogP) is 2.99. The number of benzene rings is 1. The van der Waals surface area contributed by atoms with Crippen molar-refractivity contribution in [3.8, 4) is 16.9 Å². The van der Waals surface area contributed by atoms with E-state index in [2.05, 4.69) is 58.2 Å². The highest BCUT2D eigenvalue weighted by Crippen LogP contribution is 2.29. The fraction of sp³-hybridized carbons (Fsp3) is 0.333. The van der Waals surface area contributed by atoms with Crippen molar-refractivity contribution in [3.63, 3.8) is 0 Å². The summed E-state index contributed by atoms with van der Waals surface area (Å²) in [4.78, 5) is 6.58. The molecule has 0 atom stereocenters. The van der Waals surface area contributed by atoms with Crippen molar-refractivity contribution >= 4 is 0 Å². The van der Waals surface area contributed by atoms with Gasteiger partial charge in [-0.2, -0.15) is 5.10 Å². The molecule has 3 heterocycles. The van der Waals surface area contributed by atoms with E-state index in [1.165, 1.54) is 11.3 Å². The molecule has 0 aliphatic carbocycles. The number of likely N-dealkylation sites (tertiary alicyclic amines) is 1. The lowest BCUT2D eigenvalue weighted by molar-refractivity contribution is 0.155. The number of aromatic amines is 1. The predicted molar refractivity (Wildman–Crippen MR) is 90.7 cm³/mol. The highest BCUT2D eigenvalue weighted by Gasteiger charge is 2.28. The first-order chi connectivity index (χ1) is 11.2. The van der Waals surface area contributed by atoms with Gasteiger partial charge in [0.2, 0.25) is 0 Å². The second-order valence-electron chi connectivity index (χ2n) is 6.23. The van der Waals surface area contributed by atoms with Gasteiger partial charge in [0, 0.05) is 42.7 Å². The van der Waals surface area contributed by atoms with E-state index in [1.807, 2.05) is 17.1 Å². The van der Waals surface area contributed by atoms with E-state index < -0.39 is 0 Å². The third-order valence-electron chi connectivity index (χ3n) is 4.73. The van der Waals surface area contributed by atoms with E-state index >= 15 is 0 Å². The van der Waals surface area contributed by atoms with E-state index in [1.54, 1.807) is 6.20 Å². The highest BCUT2D eigenvalue weighted by molar-refractivity contribution is 5.64. The van der Waals surface area contributed by atoms with Gasteiger partial charge in [0.15, 0.2) is 0 Å². The highest BCUT2D eigenvalue weighted by atomic mass is 15.2. The number of H-pyrrole nitrogens is 1. The van der Waals surface area contributed by atoms with Gasteiger partial charge in [0.05, 0.1) is 17.7 Å². The number of imidazole rings is 1. The summed E-state index contributed by atoms with van der Waals surface area (Å²) in [6, 6.07) is 8.64. The van der Waals surface area contributed by atoms with Gasteiger partial charge in [-0.05, 0) is 31.2 Å². The zero-order chi connectivity index (χ0) is 15.8. The molecule has 0 spiro atoms. The maximum Gasteiger partial charge on any atom is 0.0991 e. The van der Waals surface area contributed by atoms with Gasteiger partial charge in [-0.25, -0.2) is 4.98 Å². The zero-order valence-electron chi connectivity index (χ0n) is 13.5. The molecule has 5 nitrogen and oxygen atoms in total. The number of rotatable bonds is 4. The number of aromatic nitrogens is 4. The van der Waals surface area contributed by atoms with Gasteiger partial charge in [-0.3, -0.25) is 5.10 Å². The Morgan fingerprint density at radius 2 is 2.13 bits per heavy atom.